The van der Waals surface area contributed by atoms with Crippen molar-refractivity contribution >= 4 is 27.4 Å². The van der Waals surface area contributed by atoms with E-state index in [9.17, 15) is 13.2 Å². The Balaban J connectivity index is 2.39. The number of anilines is 2. The van der Waals surface area contributed by atoms with Crippen LogP contribution in [0.5, 0.6) is 0 Å². The van der Waals surface area contributed by atoms with Crippen LogP contribution in [-0.4, -0.2) is 33.3 Å². The molecule has 0 saturated carbocycles. The molecule has 2 N–H and O–H groups in total. The highest BCUT2D eigenvalue weighted by Gasteiger charge is 2.36. The largest absolute Gasteiger partial charge is 0.468 e. The van der Waals surface area contributed by atoms with Crippen LogP contribution in [0.3, 0.4) is 0 Å². The standard InChI is InChI=1S/C12H16N2O4S/c1-8-5-9-6-10(13)3-4-11(9)14(8)19(16,17)7-12(15)18-2/h3-4,6,8H,5,7,13H2,1-2H3. The molecule has 0 aromatic heterocycles. The van der Waals surface area contributed by atoms with Crippen LogP contribution in [0.15, 0.2) is 18.2 Å². The Morgan fingerprint density at radius 1 is 1.53 bits per heavy atom. The lowest BCUT2D eigenvalue weighted by molar-refractivity contribution is -0.137. The molecule has 104 valence electrons. The summed E-state index contributed by atoms with van der Waals surface area (Å²) < 4.78 is 30.2. The molecule has 1 aromatic rings. The molecule has 0 fully saturated rings. The van der Waals surface area contributed by atoms with Crippen molar-refractivity contribution in [2.45, 2.75) is 19.4 Å². The third-order valence-electron chi connectivity index (χ3n) is 3.08. The van der Waals surface area contributed by atoms with E-state index in [-0.39, 0.29) is 6.04 Å². The Kier molecular flexibility index (Phi) is 3.40. The Morgan fingerprint density at radius 3 is 2.84 bits per heavy atom. The number of nitrogens with two attached hydrogens (primary N) is 1. The van der Waals surface area contributed by atoms with Crippen LogP contribution in [0.2, 0.25) is 0 Å². The molecular weight excluding hydrogens is 268 g/mol. The molecule has 0 amide bonds. The summed E-state index contributed by atoms with van der Waals surface area (Å²) in [4.78, 5) is 11.2. The molecule has 1 aliphatic heterocycles. The first-order chi connectivity index (χ1) is 8.85. The van der Waals surface area contributed by atoms with E-state index in [4.69, 9.17) is 5.73 Å². The van der Waals surface area contributed by atoms with Gasteiger partial charge in [0.25, 0.3) is 0 Å². The van der Waals surface area contributed by atoms with Gasteiger partial charge in [0.05, 0.1) is 12.8 Å². The van der Waals surface area contributed by atoms with Crippen molar-refractivity contribution in [1.82, 2.24) is 0 Å². The van der Waals surface area contributed by atoms with Crippen LogP contribution >= 0.6 is 0 Å². The van der Waals surface area contributed by atoms with E-state index in [2.05, 4.69) is 4.74 Å². The highest BCUT2D eigenvalue weighted by Crippen LogP contribution is 2.35. The Hall–Kier alpha value is -1.76. The molecule has 1 aliphatic rings. The van der Waals surface area contributed by atoms with Crippen molar-refractivity contribution in [3.05, 3.63) is 23.8 Å². The van der Waals surface area contributed by atoms with Crippen LogP contribution in [-0.2, 0) is 26.0 Å². The number of nitrogens with zero attached hydrogens (tertiary/aromatic N) is 1. The molecule has 0 saturated heterocycles. The maximum atomic E-state index is 12.3. The zero-order valence-electron chi connectivity index (χ0n) is 10.8. The molecule has 0 spiro atoms. The van der Waals surface area contributed by atoms with Crippen LogP contribution in [0, 0.1) is 0 Å². The minimum atomic E-state index is -3.73. The Morgan fingerprint density at radius 2 is 2.21 bits per heavy atom. The summed E-state index contributed by atoms with van der Waals surface area (Å²) in [6.07, 6.45) is 0.584. The van der Waals surface area contributed by atoms with Gasteiger partial charge in [-0.3, -0.25) is 9.10 Å². The smallest absolute Gasteiger partial charge is 0.322 e. The number of carbonyl (C=O) groups is 1. The van der Waals surface area contributed by atoms with Crippen molar-refractivity contribution in [3.63, 3.8) is 0 Å². The predicted octanol–water partition coefficient (Wildman–Crippen LogP) is 0.523. The number of ether oxygens (including phenoxy) is 1. The lowest BCUT2D eigenvalue weighted by Crippen LogP contribution is -2.39. The summed E-state index contributed by atoms with van der Waals surface area (Å²) in [7, 11) is -2.56. The fourth-order valence-corrected chi connectivity index (χ4v) is 3.98. The zero-order chi connectivity index (χ0) is 14.2. The van der Waals surface area contributed by atoms with Gasteiger partial charge in [-0.15, -0.1) is 0 Å². The minimum Gasteiger partial charge on any atom is -0.468 e. The molecule has 19 heavy (non-hydrogen) atoms. The van der Waals surface area contributed by atoms with Crippen LogP contribution < -0.4 is 10.0 Å². The van der Waals surface area contributed by atoms with Crippen molar-refractivity contribution in [2.24, 2.45) is 0 Å². The number of sulfonamides is 1. The molecule has 7 heteroatoms. The molecule has 1 atom stereocenters. The van der Waals surface area contributed by atoms with Gasteiger partial charge in [-0.25, -0.2) is 8.42 Å². The van der Waals surface area contributed by atoms with Gasteiger partial charge in [0.2, 0.25) is 10.0 Å². The van der Waals surface area contributed by atoms with Crippen LogP contribution in [0.25, 0.3) is 0 Å². The highest BCUT2D eigenvalue weighted by atomic mass is 32.2. The Labute approximate surface area is 112 Å². The summed E-state index contributed by atoms with van der Waals surface area (Å²) in [6.45, 7) is 1.80. The van der Waals surface area contributed by atoms with E-state index >= 15 is 0 Å². The maximum absolute atomic E-state index is 12.3. The van der Waals surface area contributed by atoms with E-state index in [0.717, 1.165) is 5.56 Å². The fourth-order valence-electron chi connectivity index (χ4n) is 2.32. The minimum absolute atomic E-state index is 0.230. The van der Waals surface area contributed by atoms with Gasteiger partial charge in [-0.05, 0) is 37.1 Å². The number of nitrogen functional groups attached to an aromatic ring is 1. The first kappa shape index (κ1) is 13.7. The molecule has 1 unspecified atom stereocenters. The lowest BCUT2D eigenvalue weighted by atomic mass is 10.1. The normalized spacial score (nSPS) is 18.2. The third kappa shape index (κ3) is 2.51. The van der Waals surface area contributed by atoms with Gasteiger partial charge >= 0.3 is 5.97 Å². The molecule has 0 bridgehead atoms. The summed E-state index contributed by atoms with van der Waals surface area (Å²) in [5.74, 6) is -1.42. The predicted molar refractivity (Wildman–Crippen MR) is 72.3 cm³/mol. The summed E-state index contributed by atoms with van der Waals surface area (Å²) in [5.41, 5.74) is 7.75. The molecule has 0 radical (unpaired) electrons. The van der Waals surface area contributed by atoms with Gasteiger partial charge in [-0.1, -0.05) is 0 Å². The second kappa shape index (κ2) is 4.73. The van der Waals surface area contributed by atoms with Crippen molar-refractivity contribution in [3.8, 4) is 0 Å². The third-order valence-corrected chi connectivity index (χ3v) is 4.84. The first-order valence-corrected chi connectivity index (χ1v) is 7.43. The number of hydrogen-bond donors (Lipinski definition) is 1. The van der Waals surface area contributed by atoms with E-state index in [1.807, 2.05) is 0 Å². The molecule has 6 nitrogen and oxygen atoms in total. The quantitative estimate of drug-likeness (QED) is 0.645. The van der Waals surface area contributed by atoms with Gasteiger partial charge in [-0.2, -0.15) is 0 Å². The molecule has 0 aliphatic carbocycles. The number of methoxy groups -OCH3 is 1. The molecule has 1 aromatic carbocycles. The second-order valence-corrected chi connectivity index (χ2v) is 6.42. The number of esters is 1. The Bertz CT molecular complexity index is 612. The van der Waals surface area contributed by atoms with E-state index in [0.29, 0.717) is 17.8 Å². The zero-order valence-corrected chi connectivity index (χ0v) is 11.6. The van der Waals surface area contributed by atoms with Crippen molar-refractivity contribution < 1.29 is 17.9 Å². The average Bonchev–Trinajstić information content (AvgIpc) is 2.63. The summed E-state index contributed by atoms with van der Waals surface area (Å²) in [5, 5.41) is 0. The fraction of sp³-hybridized carbons (Fsp3) is 0.417. The van der Waals surface area contributed by atoms with Crippen molar-refractivity contribution in [2.75, 3.05) is 22.9 Å². The molecule has 1 heterocycles. The average molecular weight is 284 g/mol. The topological polar surface area (TPSA) is 89.7 Å². The van der Waals surface area contributed by atoms with Gasteiger partial charge in [0.1, 0.15) is 0 Å². The number of hydrogen-bond acceptors (Lipinski definition) is 5. The second-order valence-electron chi connectivity index (χ2n) is 4.57. The van der Waals surface area contributed by atoms with Gasteiger partial charge in [0, 0.05) is 11.7 Å². The lowest BCUT2D eigenvalue weighted by Gasteiger charge is -2.23. The number of benzene rings is 1. The summed E-state index contributed by atoms with van der Waals surface area (Å²) in [6, 6.07) is 4.85. The highest BCUT2D eigenvalue weighted by molar-refractivity contribution is 7.93. The molecular formula is C12H16N2O4S. The number of fused-ring (bicyclic) bond motifs is 1. The number of rotatable bonds is 3. The maximum Gasteiger partial charge on any atom is 0.322 e. The monoisotopic (exact) mass is 284 g/mol. The van der Waals surface area contributed by atoms with Gasteiger partial charge < -0.3 is 10.5 Å². The van der Waals surface area contributed by atoms with Gasteiger partial charge in [0.15, 0.2) is 5.75 Å². The van der Waals surface area contributed by atoms with E-state index < -0.39 is 21.7 Å². The number of carbonyl (C=O) groups excluding carboxylic acids is 1. The SMILES string of the molecule is COC(=O)CS(=O)(=O)N1c2ccc(N)cc2CC1C. The van der Waals surface area contributed by atoms with E-state index in [1.54, 1.807) is 25.1 Å². The first-order valence-electron chi connectivity index (χ1n) is 5.82. The van der Waals surface area contributed by atoms with Crippen LogP contribution in [0.1, 0.15) is 12.5 Å². The van der Waals surface area contributed by atoms with Crippen LogP contribution in [0.4, 0.5) is 11.4 Å². The summed E-state index contributed by atoms with van der Waals surface area (Å²) >= 11 is 0. The van der Waals surface area contributed by atoms with Crippen molar-refractivity contribution in [1.29, 1.82) is 0 Å². The van der Waals surface area contributed by atoms with E-state index in [1.165, 1.54) is 11.4 Å². The molecule has 2 rings (SSSR count).